The van der Waals surface area contributed by atoms with Crippen molar-refractivity contribution in [2.45, 2.75) is 6.42 Å². The van der Waals surface area contributed by atoms with Crippen LogP contribution in [-0.2, 0) is 11.2 Å². The first-order valence-electron chi connectivity index (χ1n) is 7.16. The van der Waals surface area contributed by atoms with E-state index >= 15 is 0 Å². The van der Waals surface area contributed by atoms with Crippen LogP contribution in [0.3, 0.4) is 0 Å². The Labute approximate surface area is 131 Å². The molecule has 0 aliphatic carbocycles. The highest BCUT2D eigenvalue weighted by Crippen LogP contribution is 2.13. The number of rotatable bonds is 6. The van der Waals surface area contributed by atoms with Gasteiger partial charge in [0.15, 0.2) is 0 Å². The minimum Gasteiger partial charge on any atom is -0.497 e. The molecule has 1 aromatic carbocycles. The van der Waals surface area contributed by atoms with Crippen LogP contribution < -0.4 is 4.74 Å². The van der Waals surface area contributed by atoms with Crippen LogP contribution in [0.1, 0.15) is 11.3 Å². The molecule has 0 atom stereocenters. The Morgan fingerprint density at radius 1 is 1.27 bits per heavy atom. The van der Waals surface area contributed by atoms with E-state index in [0.29, 0.717) is 6.54 Å². The van der Waals surface area contributed by atoms with E-state index in [-0.39, 0.29) is 5.91 Å². The van der Waals surface area contributed by atoms with E-state index in [1.54, 1.807) is 37.4 Å². The fourth-order valence-electron chi connectivity index (χ4n) is 1.98. The SMILES string of the molecule is COc1cccc(/C=C/C(=O)N(C)CCc2ccccn2)c1. The summed E-state index contributed by atoms with van der Waals surface area (Å²) in [5.74, 6) is 0.747. The van der Waals surface area contributed by atoms with Gasteiger partial charge >= 0.3 is 0 Å². The van der Waals surface area contributed by atoms with E-state index in [9.17, 15) is 4.79 Å². The van der Waals surface area contributed by atoms with Gasteiger partial charge in [0.2, 0.25) is 5.91 Å². The second-order valence-corrected chi connectivity index (χ2v) is 4.94. The first-order chi connectivity index (χ1) is 10.7. The van der Waals surface area contributed by atoms with Crippen LogP contribution in [0.15, 0.2) is 54.7 Å². The van der Waals surface area contributed by atoms with Gasteiger partial charge in [0.05, 0.1) is 7.11 Å². The van der Waals surface area contributed by atoms with Crippen molar-refractivity contribution in [2.75, 3.05) is 20.7 Å². The monoisotopic (exact) mass is 296 g/mol. The predicted octanol–water partition coefficient (Wildman–Crippen LogP) is 2.80. The standard InChI is InChI=1S/C18H20N2O2/c1-20(13-11-16-7-3-4-12-19-16)18(21)10-9-15-6-5-8-17(14-15)22-2/h3-10,12,14H,11,13H2,1-2H3/b10-9+. The second-order valence-electron chi connectivity index (χ2n) is 4.94. The Hall–Kier alpha value is -2.62. The second kappa shape index (κ2) is 7.98. The highest BCUT2D eigenvalue weighted by molar-refractivity contribution is 5.91. The van der Waals surface area contributed by atoms with Crippen molar-refractivity contribution in [1.29, 1.82) is 0 Å². The summed E-state index contributed by atoms with van der Waals surface area (Å²) in [7, 11) is 3.42. The molecule has 0 spiro atoms. The maximum absolute atomic E-state index is 12.1. The number of amides is 1. The maximum Gasteiger partial charge on any atom is 0.246 e. The molecule has 4 heteroatoms. The van der Waals surface area contributed by atoms with Gasteiger partial charge in [-0.25, -0.2) is 0 Å². The highest BCUT2D eigenvalue weighted by atomic mass is 16.5. The van der Waals surface area contributed by atoms with Crippen LogP contribution in [0.25, 0.3) is 6.08 Å². The van der Waals surface area contributed by atoms with Gasteiger partial charge in [-0.3, -0.25) is 9.78 Å². The van der Waals surface area contributed by atoms with Crippen LogP contribution in [-0.4, -0.2) is 36.5 Å². The molecule has 22 heavy (non-hydrogen) atoms. The number of nitrogens with zero attached hydrogens (tertiary/aromatic N) is 2. The van der Waals surface area contributed by atoms with Gasteiger partial charge < -0.3 is 9.64 Å². The summed E-state index contributed by atoms with van der Waals surface area (Å²) in [6.07, 6.45) is 5.88. The molecule has 1 amide bonds. The number of carbonyl (C=O) groups excluding carboxylic acids is 1. The van der Waals surface area contributed by atoms with Crippen molar-refractivity contribution in [3.63, 3.8) is 0 Å². The van der Waals surface area contributed by atoms with Crippen molar-refractivity contribution in [3.05, 3.63) is 66.0 Å². The number of hydrogen-bond donors (Lipinski definition) is 0. The number of aromatic nitrogens is 1. The quantitative estimate of drug-likeness (QED) is 0.770. The van der Waals surface area contributed by atoms with Gasteiger partial charge in [0, 0.05) is 38.0 Å². The maximum atomic E-state index is 12.1. The molecule has 1 aromatic heterocycles. The third kappa shape index (κ3) is 4.74. The van der Waals surface area contributed by atoms with Gasteiger partial charge in [-0.2, -0.15) is 0 Å². The first kappa shape index (κ1) is 15.8. The molecule has 0 fully saturated rings. The van der Waals surface area contributed by atoms with Gasteiger partial charge in [-0.1, -0.05) is 18.2 Å². The summed E-state index contributed by atoms with van der Waals surface area (Å²) in [6.45, 7) is 0.637. The predicted molar refractivity (Wildman–Crippen MR) is 87.6 cm³/mol. The lowest BCUT2D eigenvalue weighted by molar-refractivity contribution is -0.124. The molecule has 0 unspecified atom stereocenters. The van der Waals surface area contributed by atoms with Gasteiger partial charge in [0.1, 0.15) is 5.75 Å². The Morgan fingerprint density at radius 2 is 2.14 bits per heavy atom. The van der Waals surface area contributed by atoms with E-state index in [1.165, 1.54) is 0 Å². The lowest BCUT2D eigenvalue weighted by Gasteiger charge is -2.14. The third-order valence-electron chi connectivity index (χ3n) is 3.32. The number of pyridine rings is 1. The first-order valence-corrected chi connectivity index (χ1v) is 7.16. The average molecular weight is 296 g/mol. The summed E-state index contributed by atoms with van der Waals surface area (Å²) < 4.78 is 5.16. The number of carbonyl (C=O) groups is 1. The third-order valence-corrected chi connectivity index (χ3v) is 3.32. The molecular weight excluding hydrogens is 276 g/mol. The molecule has 0 aliphatic rings. The number of methoxy groups -OCH3 is 1. The molecule has 0 saturated carbocycles. The molecule has 1 heterocycles. The lowest BCUT2D eigenvalue weighted by atomic mass is 10.2. The Kier molecular flexibility index (Phi) is 5.72. The lowest BCUT2D eigenvalue weighted by Crippen LogP contribution is -2.27. The molecule has 0 bridgehead atoms. The topological polar surface area (TPSA) is 42.4 Å². The number of benzene rings is 1. The summed E-state index contributed by atoms with van der Waals surface area (Å²) >= 11 is 0. The van der Waals surface area contributed by atoms with Crippen LogP contribution in [0.5, 0.6) is 5.75 Å². The van der Waals surface area contributed by atoms with E-state index in [0.717, 1.165) is 23.4 Å². The molecule has 4 nitrogen and oxygen atoms in total. The molecule has 2 rings (SSSR count). The van der Waals surface area contributed by atoms with Gasteiger partial charge in [-0.05, 0) is 35.9 Å². The van der Waals surface area contributed by atoms with E-state index < -0.39 is 0 Å². The Balaban J connectivity index is 1.89. The van der Waals surface area contributed by atoms with Crippen LogP contribution in [0, 0.1) is 0 Å². The van der Waals surface area contributed by atoms with Crippen molar-refractivity contribution in [1.82, 2.24) is 9.88 Å². The molecule has 2 aromatic rings. The van der Waals surface area contributed by atoms with Crippen LogP contribution in [0.2, 0.25) is 0 Å². The number of hydrogen-bond acceptors (Lipinski definition) is 3. The van der Waals surface area contributed by atoms with E-state index in [1.807, 2.05) is 42.5 Å². The highest BCUT2D eigenvalue weighted by Gasteiger charge is 2.05. The van der Waals surface area contributed by atoms with E-state index in [2.05, 4.69) is 4.98 Å². The average Bonchev–Trinajstić information content (AvgIpc) is 2.58. The van der Waals surface area contributed by atoms with Crippen LogP contribution in [0.4, 0.5) is 0 Å². The summed E-state index contributed by atoms with van der Waals surface area (Å²) in [6, 6.07) is 13.4. The fraction of sp³-hybridized carbons (Fsp3) is 0.222. The normalized spacial score (nSPS) is 10.6. The molecule has 114 valence electrons. The van der Waals surface area contributed by atoms with Crippen molar-refractivity contribution in [3.8, 4) is 5.75 Å². The van der Waals surface area contributed by atoms with Crippen molar-refractivity contribution in [2.24, 2.45) is 0 Å². The summed E-state index contributed by atoms with van der Waals surface area (Å²) in [5, 5.41) is 0. The molecule has 0 saturated heterocycles. The zero-order chi connectivity index (χ0) is 15.8. The number of likely N-dealkylation sites (N-methyl/N-ethyl adjacent to an activating group) is 1. The summed E-state index contributed by atoms with van der Waals surface area (Å²) in [4.78, 5) is 18.0. The zero-order valence-electron chi connectivity index (χ0n) is 12.9. The van der Waals surface area contributed by atoms with Gasteiger partial charge in [-0.15, -0.1) is 0 Å². The minimum atomic E-state index is -0.0289. The van der Waals surface area contributed by atoms with Crippen LogP contribution >= 0.6 is 0 Å². The fourth-order valence-corrected chi connectivity index (χ4v) is 1.98. The minimum absolute atomic E-state index is 0.0289. The molecule has 0 aliphatic heterocycles. The molecule has 0 radical (unpaired) electrons. The van der Waals surface area contributed by atoms with Crippen molar-refractivity contribution >= 4 is 12.0 Å². The summed E-state index contributed by atoms with van der Waals surface area (Å²) in [5.41, 5.74) is 1.92. The molecule has 0 N–H and O–H groups in total. The number of ether oxygens (including phenoxy) is 1. The smallest absolute Gasteiger partial charge is 0.246 e. The Morgan fingerprint density at radius 3 is 2.86 bits per heavy atom. The zero-order valence-corrected chi connectivity index (χ0v) is 12.9. The Bertz CT molecular complexity index is 639. The molecular formula is C18H20N2O2. The largest absolute Gasteiger partial charge is 0.497 e. The van der Waals surface area contributed by atoms with Gasteiger partial charge in [0.25, 0.3) is 0 Å². The van der Waals surface area contributed by atoms with Crippen molar-refractivity contribution < 1.29 is 9.53 Å². The van der Waals surface area contributed by atoms with E-state index in [4.69, 9.17) is 4.74 Å².